The zero-order chi connectivity index (χ0) is 13.1. The van der Waals surface area contributed by atoms with Crippen molar-refractivity contribution in [3.63, 3.8) is 0 Å². The highest BCUT2D eigenvalue weighted by Crippen LogP contribution is 2.12. The molecule has 0 fully saturated rings. The number of rotatable bonds is 2. The zero-order valence-electron chi connectivity index (χ0n) is 9.94. The number of nitrogens with zero attached hydrogens (tertiary/aromatic N) is 3. The largest absolute Gasteiger partial charge is 0.290 e. The van der Waals surface area contributed by atoms with Crippen LogP contribution in [0.25, 0.3) is 0 Å². The molecule has 6 heteroatoms. The summed E-state index contributed by atoms with van der Waals surface area (Å²) in [6.45, 7) is 3.59. The summed E-state index contributed by atoms with van der Waals surface area (Å²) in [4.78, 5) is 23.9. The first kappa shape index (κ1) is 12.4. The minimum absolute atomic E-state index is 0.196. The molecular formula is C12H11ClN4O. The van der Waals surface area contributed by atoms with E-state index in [0.29, 0.717) is 16.4 Å². The van der Waals surface area contributed by atoms with Crippen LogP contribution in [0.4, 0.5) is 5.95 Å². The molecule has 0 spiro atoms. The highest BCUT2D eigenvalue weighted by atomic mass is 35.5. The smallest absolute Gasteiger partial charge is 0.258 e. The van der Waals surface area contributed by atoms with Crippen LogP contribution >= 0.6 is 11.6 Å². The number of carbonyl (C=O) groups is 1. The van der Waals surface area contributed by atoms with Crippen LogP contribution in [0.3, 0.4) is 0 Å². The molecule has 1 amide bonds. The van der Waals surface area contributed by atoms with Crippen LogP contribution in [0, 0.1) is 13.8 Å². The lowest BCUT2D eigenvalue weighted by molar-refractivity contribution is 0.102. The molecule has 0 saturated carbocycles. The highest BCUT2D eigenvalue weighted by molar-refractivity contribution is 6.29. The fourth-order valence-electron chi connectivity index (χ4n) is 1.48. The molecule has 2 rings (SSSR count). The van der Waals surface area contributed by atoms with Crippen LogP contribution in [0.1, 0.15) is 21.6 Å². The standard InChI is InChI=1S/C12H11ClN4O/c1-7-6-14-4-3-9(7)11(18)17-12-15-8(2)5-10(13)16-12/h3-6H,1-2H3,(H,15,16,17,18). The average molecular weight is 263 g/mol. The van der Waals surface area contributed by atoms with Crippen molar-refractivity contribution < 1.29 is 4.79 Å². The van der Waals surface area contributed by atoms with Gasteiger partial charge in [0.05, 0.1) is 0 Å². The van der Waals surface area contributed by atoms with Gasteiger partial charge in [-0.05, 0) is 31.5 Å². The van der Waals surface area contributed by atoms with Gasteiger partial charge in [0.15, 0.2) is 0 Å². The Bertz CT molecular complexity index is 580. The van der Waals surface area contributed by atoms with Crippen LogP contribution in [0.5, 0.6) is 0 Å². The third-order valence-electron chi connectivity index (χ3n) is 2.31. The lowest BCUT2D eigenvalue weighted by Gasteiger charge is -2.06. The molecular weight excluding hydrogens is 252 g/mol. The van der Waals surface area contributed by atoms with Gasteiger partial charge in [0.25, 0.3) is 5.91 Å². The van der Waals surface area contributed by atoms with E-state index in [1.54, 1.807) is 31.5 Å². The number of carbonyl (C=O) groups excluding carboxylic acids is 1. The fraction of sp³-hybridized carbons (Fsp3) is 0.167. The molecule has 1 N–H and O–H groups in total. The minimum atomic E-state index is -0.281. The summed E-state index contributed by atoms with van der Waals surface area (Å²) in [6.07, 6.45) is 3.19. The van der Waals surface area contributed by atoms with Gasteiger partial charge in [-0.1, -0.05) is 11.6 Å². The molecule has 0 aliphatic carbocycles. The number of pyridine rings is 1. The monoisotopic (exact) mass is 262 g/mol. The van der Waals surface area contributed by atoms with Crippen LogP contribution in [0.2, 0.25) is 5.15 Å². The van der Waals surface area contributed by atoms with Gasteiger partial charge in [-0.15, -0.1) is 0 Å². The molecule has 0 aromatic carbocycles. The summed E-state index contributed by atoms with van der Waals surface area (Å²) in [7, 11) is 0. The second-order valence-electron chi connectivity index (χ2n) is 3.80. The maximum absolute atomic E-state index is 12.0. The summed E-state index contributed by atoms with van der Waals surface area (Å²) >= 11 is 5.80. The van der Waals surface area contributed by atoms with Crippen molar-refractivity contribution in [1.29, 1.82) is 0 Å². The molecule has 5 nitrogen and oxygen atoms in total. The number of amides is 1. The Morgan fingerprint density at radius 1 is 1.33 bits per heavy atom. The lowest BCUT2D eigenvalue weighted by Crippen LogP contribution is -2.15. The number of nitrogens with one attached hydrogen (secondary N) is 1. The molecule has 0 radical (unpaired) electrons. The van der Waals surface area contributed by atoms with Crippen molar-refractivity contribution >= 4 is 23.5 Å². The fourth-order valence-corrected chi connectivity index (χ4v) is 1.72. The predicted molar refractivity (Wildman–Crippen MR) is 68.7 cm³/mol. The van der Waals surface area contributed by atoms with Crippen LogP contribution in [-0.4, -0.2) is 20.9 Å². The predicted octanol–water partition coefficient (Wildman–Crippen LogP) is 2.39. The van der Waals surface area contributed by atoms with Crippen molar-refractivity contribution in [1.82, 2.24) is 15.0 Å². The first-order chi connectivity index (χ1) is 8.56. The zero-order valence-corrected chi connectivity index (χ0v) is 10.7. The van der Waals surface area contributed by atoms with Gasteiger partial charge in [-0.25, -0.2) is 9.97 Å². The van der Waals surface area contributed by atoms with Gasteiger partial charge >= 0.3 is 0 Å². The molecule has 2 aromatic rings. The van der Waals surface area contributed by atoms with Gasteiger partial charge in [0, 0.05) is 23.7 Å². The maximum Gasteiger partial charge on any atom is 0.258 e. The Hall–Kier alpha value is -2.01. The SMILES string of the molecule is Cc1cc(Cl)nc(NC(=O)c2ccncc2C)n1. The number of hydrogen-bond donors (Lipinski definition) is 1. The topological polar surface area (TPSA) is 67.8 Å². The van der Waals surface area contributed by atoms with Crippen molar-refractivity contribution in [2.75, 3.05) is 5.32 Å². The second kappa shape index (κ2) is 5.10. The van der Waals surface area contributed by atoms with Crippen LogP contribution in [0.15, 0.2) is 24.5 Å². The molecule has 0 saturated heterocycles. The van der Waals surface area contributed by atoms with Gasteiger partial charge in [0.1, 0.15) is 5.15 Å². The summed E-state index contributed by atoms with van der Waals surface area (Å²) in [6, 6.07) is 3.26. The molecule has 0 aliphatic heterocycles. The van der Waals surface area contributed by atoms with Gasteiger partial charge in [-0.2, -0.15) is 0 Å². The van der Waals surface area contributed by atoms with E-state index < -0.39 is 0 Å². The minimum Gasteiger partial charge on any atom is -0.290 e. The highest BCUT2D eigenvalue weighted by Gasteiger charge is 2.11. The summed E-state index contributed by atoms with van der Waals surface area (Å²) in [5.41, 5.74) is 2.01. The Labute approximate surface area is 109 Å². The summed E-state index contributed by atoms with van der Waals surface area (Å²) in [5, 5.41) is 2.90. The van der Waals surface area contributed by atoms with Crippen molar-refractivity contribution in [3.05, 3.63) is 46.5 Å². The molecule has 0 unspecified atom stereocenters. The van der Waals surface area contributed by atoms with Gasteiger partial charge in [-0.3, -0.25) is 15.1 Å². The summed E-state index contributed by atoms with van der Waals surface area (Å²) < 4.78 is 0. The van der Waals surface area contributed by atoms with E-state index in [-0.39, 0.29) is 11.9 Å². The molecule has 2 aromatic heterocycles. The molecule has 0 aliphatic rings. The van der Waals surface area contributed by atoms with E-state index >= 15 is 0 Å². The number of aryl methyl sites for hydroxylation is 2. The molecule has 2 heterocycles. The van der Waals surface area contributed by atoms with E-state index in [4.69, 9.17) is 11.6 Å². The van der Waals surface area contributed by atoms with Crippen molar-refractivity contribution in [2.45, 2.75) is 13.8 Å². The van der Waals surface area contributed by atoms with Crippen LogP contribution < -0.4 is 5.32 Å². The average Bonchev–Trinajstić information content (AvgIpc) is 2.27. The third-order valence-corrected chi connectivity index (χ3v) is 2.51. The first-order valence-electron chi connectivity index (χ1n) is 5.29. The molecule has 18 heavy (non-hydrogen) atoms. The van der Waals surface area contributed by atoms with Gasteiger partial charge < -0.3 is 0 Å². The maximum atomic E-state index is 12.0. The Morgan fingerprint density at radius 2 is 2.11 bits per heavy atom. The molecule has 92 valence electrons. The van der Waals surface area contributed by atoms with E-state index in [9.17, 15) is 4.79 Å². The number of aromatic nitrogens is 3. The number of halogens is 1. The Balaban J connectivity index is 2.24. The van der Waals surface area contributed by atoms with Crippen molar-refractivity contribution in [2.24, 2.45) is 0 Å². The third kappa shape index (κ3) is 2.81. The van der Waals surface area contributed by atoms with E-state index in [1.165, 1.54) is 0 Å². The Kier molecular flexibility index (Phi) is 3.53. The normalized spacial score (nSPS) is 10.2. The summed E-state index contributed by atoms with van der Waals surface area (Å²) in [5.74, 6) is -0.0854. The van der Waals surface area contributed by atoms with Crippen LogP contribution in [-0.2, 0) is 0 Å². The van der Waals surface area contributed by atoms with E-state index in [2.05, 4.69) is 20.3 Å². The number of anilines is 1. The van der Waals surface area contributed by atoms with Crippen molar-refractivity contribution in [3.8, 4) is 0 Å². The number of hydrogen-bond acceptors (Lipinski definition) is 4. The second-order valence-corrected chi connectivity index (χ2v) is 4.19. The molecule has 0 atom stereocenters. The lowest BCUT2D eigenvalue weighted by atomic mass is 10.1. The first-order valence-corrected chi connectivity index (χ1v) is 5.67. The molecule has 0 bridgehead atoms. The van der Waals surface area contributed by atoms with E-state index in [1.807, 2.05) is 6.92 Å². The quantitative estimate of drug-likeness (QED) is 0.844. The van der Waals surface area contributed by atoms with E-state index in [0.717, 1.165) is 5.56 Å². The van der Waals surface area contributed by atoms with Gasteiger partial charge in [0.2, 0.25) is 5.95 Å². The Morgan fingerprint density at radius 3 is 2.78 bits per heavy atom.